The third kappa shape index (κ3) is 3.21. The van der Waals surface area contributed by atoms with Gasteiger partial charge in [0, 0.05) is 25.0 Å². The third-order valence-corrected chi connectivity index (χ3v) is 4.42. The molecule has 0 spiro atoms. The Labute approximate surface area is 127 Å². The van der Waals surface area contributed by atoms with Crippen molar-refractivity contribution in [2.45, 2.75) is 26.3 Å². The van der Waals surface area contributed by atoms with Gasteiger partial charge >= 0.3 is 0 Å². The zero-order chi connectivity index (χ0) is 14.7. The average Bonchev–Trinajstić information content (AvgIpc) is 3.16. The van der Waals surface area contributed by atoms with Gasteiger partial charge in [0.05, 0.1) is 17.7 Å². The molecule has 0 amide bonds. The lowest BCUT2D eigenvalue weighted by Gasteiger charge is -2.16. The highest BCUT2D eigenvalue weighted by Crippen LogP contribution is 2.19. The number of hydrogen-bond donors (Lipinski definition) is 2. The standard InChI is InChI=1S/C13H19N7S/c1-9-10(21-8-16-9)7-15-12-17-11(14-2)18-13(19-12)20-5-3-4-6-20/h8H,3-7H2,1-2H3,(H2,14,15,17,18,19). The summed E-state index contributed by atoms with van der Waals surface area (Å²) in [4.78, 5) is 21.0. The van der Waals surface area contributed by atoms with Gasteiger partial charge in [0.2, 0.25) is 17.8 Å². The molecule has 8 heteroatoms. The van der Waals surface area contributed by atoms with E-state index in [0.717, 1.165) is 24.7 Å². The van der Waals surface area contributed by atoms with E-state index >= 15 is 0 Å². The first-order valence-electron chi connectivity index (χ1n) is 7.08. The fourth-order valence-electron chi connectivity index (χ4n) is 2.27. The van der Waals surface area contributed by atoms with Crippen LogP contribution in [0.5, 0.6) is 0 Å². The first-order valence-corrected chi connectivity index (χ1v) is 7.96. The van der Waals surface area contributed by atoms with Crippen LogP contribution < -0.4 is 15.5 Å². The second-order valence-electron chi connectivity index (χ2n) is 4.94. The van der Waals surface area contributed by atoms with Crippen molar-refractivity contribution < 1.29 is 0 Å². The molecule has 0 unspecified atom stereocenters. The predicted octanol–water partition coefficient (Wildman–Crippen LogP) is 1.89. The van der Waals surface area contributed by atoms with E-state index in [0.29, 0.717) is 18.4 Å². The van der Waals surface area contributed by atoms with Gasteiger partial charge in [-0.25, -0.2) is 4.98 Å². The second kappa shape index (κ2) is 6.21. The molecule has 0 atom stereocenters. The molecule has 2 aromatic heterocycles. The van der Waals surface area contributed by atoms with Gasteiger partial charge in [-0.05, 0) is 19.8 Å². The van der Waals surface area contributed by atoms with Crippen molar-refractivity contribution >= 4 is 29.2 Å². The maximum absolute atomic E-state index is 4.53. The Hall–Kier alpha value is -1.96. The molecule has 0 aromatic carbocycles. The zero-order valence-electron chi connectivity index (χ0n) is 12.3. The highest BCUT2D eigenvalue weighted by atomic mass is 32.1. The number of aryl methyl sites for hydroxylation is 1. The maximum Gasteiger partial charge on any atom is 0.231 e. The molecule has 3 heterocycles. The number of hydrogen-bond acceptors (Lipinski definition) is 8. The molecule has 0 radical (unpaired) electrons. The van der Waals surface area contributed by atoms with Gasteiger partial charge in [0.1, 0.15) is 0 Å². The number of nitrogens with zero attached hydrogens (tertiary/aromatic N) is 5. The summed E-state index contributed by atoms with van der Waals surface area (Å²) >= 11 is 1.64. The van der Waals surface area contributed by atoms with Gasteiger partial charge in [0.25, 0.3) is 0 Å². The summed E-state index contributed by atoms with van der Waals surface area (Å²) in [7, 11) is 1.82. The van der Waals surface area contributed by atoms with Gasteiger partial charge in [0.15, 0.2) is 0 Å². The van der Waals surface area contributed by atoms with E-state index in [1.54, 1.807) is 11.3 Å². The molecular formula is C13H19N7S. The summed E-state index contributed by atoms with van der Waals surface area (Å²) < 4.78 is 0. The molecule has 1 saturated heterocycles. The fourth-order valence-corrected chi connectivity index (χ4v) is 2.99. The number of rotatable bonds is 5. The lowest BCUT2D eigenvalue weighted by atomic mass is 10.4. The van der Waals surface area contributed by atoms with E-state index in [-0.39, 0.29) is 0 Å². The van der Waals surface area contributed by atoms with Crippen LogP contribution in [0.2, 0.25) is 0 Å². The Morgan fingerprint density at radius 3 is 2.62 bits per heavy atom. The van der Waals surface area contributed by atoms with Crippen molar-refractivity contribution in [2.24, 2.45) is 0 Å². The van der Waals surface area contributed by atoms with Gasteiger partial charge in [-0.15, -0.1) is 11.3 Å². The van der Waals surface area contributed by atoms with Crippen LogP contribution in [0.1, 0.15) is 23.4 Å². The van der Waals surface area contributed by atoms with E-state index in [1.165, 1.54) is 17.7 Å². The highest BCUT2D eigenvalue weighted by molar-refractivity contribution is 7.09. The topological polar surface area (TPSA) is 78.9 Å². The van der Waals surface area contributed by atoms with Crippen molar-refractivity contribution in [2.75, 3.05) is 35.7 Å². The normalized spacial score (nSPS) is 14.5. The second-order valence-corrected chi connectivity index (χ2v) is 5.88. The summed E-state index contributed by atoms with van der Waals surface area (Å²) in [6.45, 7) is 4.72. The number of thiazole rings is 1. The van der Waals surface area contributed by atoms with E-state index in [2.05, 4.69) is 35.5 Å². The molecule has 7 nitrogen and oxygen atoms in total. The quantitative estimate of drug-likeness (QED) is 0.873. The summed E-state index contributed by atoms with van der Waals surface area (Å²) in [5.74, 6) is 1.94. The molecule has 1 fully saturated rings. The molecule has 1 aliphatic rings. The Morgan fingerprint density at radius 2 is 1.95 bits per heavy atom. The van der Waals surface area contributed by atoms with Crippen LogP contribution in [0, 0.1) is 6.92 Å². The zero-order valence-corrected chi connectivity index (χ0v) is 13.1. The van der Waals surface area contributed by atoms with Gasteiger partial charge in [-0.2, -0.15) is 15.0 Å². The molecule has 0 saturated carbocycles. The van der Waals surface area contributed by atoms with Crippen LogP contribution in [0.15, 0.2) is 5.51 Å². The molecule has 3 rings (SSSR count). The van der Waals surface area contributed by atoms with Crippen LogP contribution in [0.3, 0.4) is 0 Å². The molecule has 2 aromatic rings. The highest BCUT2D eigenvalue weighted by Gasteiger charge is 2.17. The van der Waals surface area contributed by atoms with Gasteiger partial charge in [-0.3, -0.25) is 0 Å². The van der Waals surface area contributed by atoms with Crippen molar-refractivity contribution in [1.29, 1.82) is 0 Å². The van der Waals surface area contributed by atoms with Crippen LogP contribution in [-0.2, 0) is 6.54 Å². The molecule has 1 aliphatic heterocycles. The van der Waals surface area contributed by atoms with Crippen LogP contribution in [0.4, 0.5) is 17.8 Å². The minimum absolute atomic E-state index is 0.593. The Bertz CT molecular complexity index is 606. The third-order valence-electron chi connectivity index (χ3n) is 3.49. The van der Waals surface area contributed by atoms with Crippen molar-refractivity contribution in [1.82, 2.24) is 19.9 Å². The largest absolute Gasteiger partial charge is 0.357 e. The molecule has 0 bridgehead atoms. The van der Waals surface area contributed by atoms with Gasteiger partial charge in [-0.1, -0.05) is 0 Å². The maximum atomic E-state index is 4.53. The van der Waals surface area contributed by atoms with Crippen molar-refractivity contribution in [3.05, 3.63) is 16.1 Å². The van der Waals surface area contributed by atoms with E-state index in [4.69, 9.17) is 0 Å². The molecule has 112 valence electrons. The minimum atomic E-state index is 0.593. The van der Waals surface area contributed by atoms with E-state index in [9.17, 15) is 0 Å². The lowest BCUT2D eigenvalue weighted by Crippen LogP contribution is -2.22. The van der Waals surface area contributed by atoms with Crippen LogP contribution in [-0.4, -0.2) is 40.1 Å². The predicted molar refractivity (Wildman–Crippen MR) is 85.0 cm³/mol. The van der Waals surface area contributed by atoms with E-state index < -0.39 is 0 Å². The lowest BCUT2D eigenvalue weighted by molar-refractivity contribution is 0.878. The molecule has 21 heavy (non-hydrogen) atoms. The van der Waals surface area contributed by atoms with Crippen molar-refractivity contribution in [3.8, 4) is 0 Å². The summed E-state index contributed by atoms with van der Waals surface area (Å²) in [5, 5.41) is 6.27. The fraction of sp³-hybridized carbons (Fsp3) is 0.538. The SMILES string of the molecule is CNc1nc(NCc2scnc2C)nc(N2CCCC2)n1. The summed E-state index contributed by atoms with van der Waals surface area (Å²) in [6.07, 6.45) is 2.40. The number of anilines is 3. The number of aromatic nitrogens is 4. The summed E-state index contributed by atoms with van der Waals surface area (Å²) in [6, 6.07) is 0. The monoisotopic (exact) mass is 305 g/mol. The first-order chi connectivity index (χ1) is 10.3. The van der Waals surface area contributed by atoms with Crippen LogP contribution in [0.25, 0.3) is 0 Å². The minimum Gasteiger partial charge on any atom is -0.357 e. The Balaban J connectivity index is 1.77. The van der Waals surface area contributed by atoms with Gasteiger partial charge < -0.3 is 15.5 Å². The first kappa shape index (κ1) is 14.0. The summed E-state index contributed by atoms with van der Waals surface area (Å²) in [5.41, 5.74) is 2.91. The number of nitrogens with one attached hydrogen (secondary N) is 2. The Kier molecular flexibility index (Phi) is 4.14. The van der Waals surface area contributed by atoms with E-state index in [1.807, 2.05) is 19.5 Å². The molecular weight excluding hydrogens is 286 g/mol. The van der Waals surface area contributed by atoms with Crippen LogP contribution >= 0.6 is 11.3 Å². The average molecular weight is 305 g/mol. The Morgan fingerprint density at radius 1 is 1.19 bits per heavy atom. The molecule has 2 N–H and O–H groups in total. The smallest absolute Gasteiger partial charge is 0.231 e. The van der Waals surface area contributed by atoms with Crippen molar-refractivity contribution in [3.63, 3.8) is 0 Å². The molecule has 0 aliphatic carbocycles.